The molecule has 90 valence electrons. The standard InChI is InChI=1S/C13H18N4/c1-3-5-12-15-8-9-17(12)10-11-6-4-7-16-13(11)14-2/h4,6-9H,3,5,10H2,1-2H3,(H,14,16). The number of pyridine rings is 1. The number of nitrogens with zero attached hydrogens (tertiary/aromatic N) is 3. The van der Waals surface area contributed by atoms with Crippen molar-refractivity contribution in [2.45, 2.75) is 26.3 Å². The molecule has 0 aliphatic heterocycles. The van der Waals surface area contributed by atoms with E-state index in [1.807, 2.05) is 25.5 Å². The zero-order valence-corrected chi connectivity index (χ0v) is 10.3. The van der Waals surface area contributed by atoms with E-state index in [4.69, 9.17) is 0 Å². The third kappa shape index (κ3) is 2.64. The van der Waals surface area contributed by atoms with Crippen LogP contribution in [0.25, 0.3) is 0 Å². The second kappa shape index (κ2) is 5.48. The Bertz CT molecular complexity index is 476. The van der Waals surface area contributed by atoms with E-state index >= 15 is 0 Å². The number of nitrogens with one attached hydrogen (secondary N) is 1. The molecule has 0 unspecified atom stereocenters. The molecule has 0 aliphatic carbocycles. The van der Waals surface area contributed by atoms with Crippen molar-refractivity contribution >= 4 is 5.82 Å². The first-order valence-electron chi connectivity index (χ1n) is 5.96. The van der Waals surface area contributed by atoms with Crippen LogP contribution >= 0.6 is 0 Å². The van der Waals surface area contributed by atoms with Crippen LogP contribution in [0.1, 0.15) is 24.7 Å². The van der Waals surface area contributed by atoms with E-state index in [1.165, 1.54) is 5.56 Å². The molecule has 0 bridgehead atoms. The molecule has 0 spiro atoms. The fourth-order valence-electron chi connectivity index (χ4n) is 1.91. The van der Waals surface area contributed by atoms with Gasteiger partial charge in [-0.2, -0.15) is 0 Å². The zero-order valence-electron chi connectivity index (χ0n) is 10.3. The van der Waals surface area contributed by atoms with Gasteiger partial charge in [-0.05, 0) is 12.5 Å². The van der Waals surface area contributed by atoms with Gasteiger partial charge in [0.15, 0.2) is 0 Å². The molecule has 4 nitrogen and oxygen atoms in total. The summed E-state index contributed by atoms with van der Waals surface area (Å²) in [5, 5.41) is 3.11. The van der Waals surface area contributed by atoms with Gasteiger partial charge in [0.1, 0.15) is 11.6 Å². The predicted molar refractivity (Wildman–Crippen MR) is 69.1 cm³/mol. The molecule has 4 heteroatoms. The summed E-state index contributed by atoms with van der Waals surface area (Å²) >= 11 is 0. The Balaban J connectivity index is 2.22. The number of hydrogen-bond acceptors (Lipinski definition) is 3. The van der Waals surface area contributed by atoms with Crippen LogP contribution in [0, 0.1) is 0 Å². The van der Waals surface area contributed by atoms with Crippen molar-refractivity contribution in [1.82, 2.24) is 14.5 Å². The average Bonchev–Trinajstić information content (AvgIpc) is 2.78. The third-order valence-electron chi connectivity index (χ3n) is 2.74. The first-order valence-corrected chi connectivity index (χ1v) is 5.96. The van der Waals surface area contributed by atoms with Crippen molar-refractivity contribution in [3.8, 4) is 0 Å². The van der Waals surface area contributed by atoms with E-state index in [9.17, 15) is 0 Å². The van der Waals surface area contributed by atoms with Gasteiger partial charge in [0.25, 0.3) is 0 Å². The van der Waals surface area contributed by atoms with Crippen LogP contribution in [-0.4, -0.2) is 21.6 Å². The summed E-state index contributed by atoms with van der Waals surface area (Å²) < 4.78 is 2.18. The van der Waals surface area contributed by atoms with Gasteiger partial charge < -0.3 is 9.88 Å². The summed E-state index contributed by atoms with van der Waals surface area (Å²) in [7, 11) is 1.90. The number of aromatic nitrogens is 3. The molecule has 1 N–H and O–H groups in total. The maximum Gasteiger partial charge on any atom is 0.130 e. The highest BCUT2D eigenvalue weighted by atomic mass is 15.1. The van der Waals surface area contributed by atoms with Gasteiger partial charge in [-0.1, -0.05) is 13.0 Å². The minimum Gasteiger partial charge on any atom is -0.373 e. The molecule has 2 aromatic heterocycles. The maximum atomic E-state index is 4.38. The largest absolute Gasteiger partial charge is 0.373 e. The van der Waals surface area contributed by atoms with Gasteiger partial charge in [-0.25, -0.2) is 9.97 Å². The molecular formula is C13H18N4. The fourth-order valence-corrected chi connectivity index (χ4v) is 1.91. The van der Waals surface area contributed by atoms with Crippen LogP contribution in [0.3, 0.4) is 0 Å². The number of aryl methyl sites for hydroxylation is 1. The Kier molecular flexibility index (Phi) is 3.75. The maximum absolute atomic E-state index is 4.38. The SMILES string of the molecule is CCCc1nccn1Cc1cccnc1NC. The van der Waals surface area contributed by atoms with E-state index in [0.717, 1.165) is 31.0 Å². The summed E-state index contributed by atoms with van der Waals surface area (Å²) in [6.45, 7) is 2.99. The molecule has 0 amide bonds. The fraction of sp³-hybridized carbons (Fsp3) is 0.385. The van der Waals surface area contributed by atoms with Crippen LogP contribution in [0.15, 0.2) is 30.7 Å². The lowest BCUT2D eigenvalue weighted by Gasteiger charge is -2.10. The van der Waals surface area contributed by atoms with Crippen LogP contribution < -0.4 is 5.32 Å². The van der Waals surface area contributed by atoms with E-state index in [0.29, 0.717) is 0 Å². The van der Waals surface area contributed by atoms with E-state index in [2.05, 4.69) is 32.8 Å². The van der Waals surface area contributed by atoms with Crippen LogP contribution in [0.5, 0.6) is 0 Å². The van der Waals surface area contributed by atoms with Crippen LogP contribution in [0.2, 0.25) is 0 Å². The van der Waals surface area contributed by atoms with Crippen molar-refractivity contribution in [3.05, 3.63) is 42.1 Å². The highest BCUT2D eigenvalue weighted by Gasteiger charge is 2.05. The van der Waals surface area contributed by atoms with Gasteiger partial charge >= 0.3 is 0 Å². The Morgan fingerprint density at radius 3 is 2.94 bits per heavy atom. The molecule has 0 atom stereocenters. The van der Waals surface area contributed by atoms with Crippen molar-refractivity contribution < 1.29 is 0 Å². The minimum atomic E-state index is 0.819. The smallest absolute Gasteiger partial charge is 0.130 e. The predicted octanol–water partition coefficient (Wildman–Crippen LogP) is 2.32. The number of hydrogen-bond donors (Lipinski definition) is 1. The van der Waals surface area contributed by atoms with Crippen molar-refractivity contribution in [2.24, 2.45) is 0 Å². The number of rotatable bonds is 5. The molecule has 0 aliphatic rings. The lowest BCUT2D eigenvalue weighted by atomic mass is 10.2. The molecular weight excluding hydrogens is 212 g/mol. The van der Waals surface area contributed by atoms with Gasteiger partial charge in [-0.3, -0.25) is 0 Å². The summed E-state index contributed by atoms with van der Waals surface area (Å²) in [4.78, 5) is 8.69. The van der Waals surface area contributed by atoms with Crippen molar-refractivity contribution in [1.29, 1.82) is 0 Å². The van der Waals surface area contributed by atoms with E-state index in [-0.39, 0.29) is 0 Å². The molecule has 2 aromatic rings. The molecule has 2 rings (SSSR count). The molecule has 0 saturated heterocycles. The topological polar surface area (TPSA) is 42.7 Å². The van der Waals surface area contributed by atoms with Crippen LogP contribution in [0.4, 0.5) is 5.82 Å². The Morgan fingerprint density at radius 2 is 2.18 bits per heavy atom. The zero-order chi connectivity index (χ0) is 12.1. The number of imidazole rings is 1. The highest BCUT2D eigenvalue weighted by molar-refractivity contribution is 5.43. The summed E-state index contributed by atoms with van der Waals surface area (Å²) in [6, 6.07) is 4.06. The lowest BCUT2D eigenvalue weighted by Crippen LogP contribution is -2.07. The summed E-state index contributed by atoms with van der Waals surface area (Å²) in [6.07, 6.45) is 7.82. The quantitative estimate of drug-likeness (QED) is 0.857. The van der Waals surface area contributed by atoms with E-state index in [1.54, 1.807) is 6.20 Å². The summed E-state index contributed by atoms with van der Waals surface area (Å²) in [5.74, 6) is 2.07. The van der Waals surface area contributed by atoms with Crippen molar-refractivity contribution in [2.75, 3.05) is 12.4 Å². The number of anilines is 1. The molecule has 0 saturated carbocycles. The molecule has 2 heterocycles. The minimum absolute atomic E-state index is 0.819. The van der Waals surface area contributed by atoms with Crippen molar-refractivity contribution in [3.63, 3.8) is 0 Å². The Labute approximate surface area is 102 Å². The third-order valence-corrected chi connectivity index (χ3v) is 2.74. The molecule has 0 radical (unpaired) electrons. The molecule has 0 fully saturated rings. The Hall–Kier alpha value is -1.84. The second-order valence-corrected chi connectivity index (χ2v) is 3.98. The molecule has 0 aromatic carbocycles. The van der Waals surface area contributed by atoms with Gasteiger partial charge in [0.05, 0.1) is 6.54 Å². The Morgan fingerprint density at radius 1 is 1.29 bits per heavy atom. The normalized spacial score (nSPS) is 10.5. The molecule has 17 heavy (non-hydrogen) atoms. The van der Waals surface area contributed by atoms with Crippen LogP contribution in [-0.2, 0) is 13.0 Å². The monoisotopic (exact) mass is 230 g/mol. The van der Waals surface area contributed by atoms with E-state index < -0.39 is 0 Å². The van der Waals surface area contributed by atoms with Gasteiger partial charge in [-0.15, -0.1) is 0 Å². The first-order chi connectivity index (χ1) is 8.35. The van der Waals surface area contributed by atoms with Gasteiger partial charge in [0, 0.05) is 37.6 Å². The second-order valence-electron chi connectivity index (χ2n) is 3.98. The lowest BCUT2D eigenvalue weighted by molar-refractivity contribution is 0.704. The average molecular weight is 230 g/mol. The highest BCUT2D eigenvalue weighted by Crippen LogP contribution is 2.13. The van der Waals surface area contributed by atoms with Gasteiger partial charge in [0.2, 0.25) is 0 Å². The first kappa shape index (κ1) is 11.6. The summed E-state index contributed by atoms with van der Waals surface area (Å²) in [5.41, 5.74) is 1.19.